The molecule has 0 bridgehead atoms. The van der Waals surface area contributed by atoms with E-state index in [0.29, 0.717) is 79.7 Å². The van der Waals surface area contributed by atoms with E-state index in [-0.39, 0.29) is 18.0 Å². The summed E-state index contributed by atoms with van der Waals surface area (Å²) in [7, 11) is 3.01. The number of amides is 3. The number of methoxy groups -OCH3 is 2. The molecule has 15 heteroatoms. The summed E-state index contributed by atoms with van der Waals surface area (Å²) in [6.45, 7) is 6.88. The van der Waals surface area contributed by atoms with Gasteiger partial charge in [0, 0.05) is 44.5 Å². The van der Waals surface area contributed by atoms with Crippen molar-refractivity contribution in [2.75, 3.05) is 95.1 Å². The van der Waals surface area contributed by atoms with Gasteiger partial charge in [0.1, 0.15) is 23.9 Å². The van der Waals surface area contributed by atoms with E-state index in [1.54, 1.807) is 54.3 Å². The number of nitrogens with zero attached hydrogens (tertiary/aromatic N) is 6. The van der Waals surface area contributed by atoms with Gasteiger partial charge in [0.2, 0.25) is 0 Å². The van der Waals surface area contributed by atoms with Crippen LogP contribution in [-0.2, 0) is 9.47 Å². The Labute approximate surface area is 294 Å². The van der Waals surface area contributed by atoms with Crippen LogP contribution in [0.15, 0.2) is 71.5 Å². The highest BCUT2D eigenvalue weighted by Crippen LogP contribution is 2.37. The summed E-state index contributed by atoms with van der Waals surface area (Å²) < 4.78 is 37.3. The zero-order valence-corrected chi connectivity index (χ0v) is 28.9. The van der Waals surface area contributed by atoms with Gasteiger partial charge in [0.25, 0.3) is 5.56 Å². The standard InChI is InChI=1S/C36H42FN7O7/c1-25(43(31-13-12-28(48-2)24-32(31)49-3)35(46)38-27-10-8-26(37)9-11-27)33-39-30-7-5-4-6-29(30)34(45)44(33)42-16-14-41(15-17-42)36(47)51-23-20-40-18-21-50-22-19-40/h4-13,24-25H,14-23H2,1-3H3,(H,38,46). The molecule has 6 rings (SSSR count). The number of morpholine rings is 1. The minimum atomic E-state index is -0.853. The summed E-state index contributed by atoms with van der Waals surface area (Å²) in [6, 6.07) is 16.0. The zero-order valence-electron chi connectivity index (χ0n) is 28.9. The molecular weight excluding hydrogens is 661 g/mol. The highest BCUT2D eigenvalue weighted by Gasteiger charge is 2.33. The molecule has 1 unspecified atom stereocenters. The second-order valence-electron chi connectivity index (χ2n) is 12.1. The van der Waals surface area contributed by atoms with E-state index in [1.165, 1.54) is 48.1 Å². The fourth-order valence-electron chi connectivity index (χ4n) is 6.25. The summed E-state index contributed by atoms with van der Waals surface area (Å²) in [5, 5.41) is 5.09. The monoisotopic (exact) mass is 703 g/mol. The summed E-state index contributed by atoms with van der Waals surface area (Å²) in [4.78, 5) is 51.7. The Kier molecular flexibility index (Phi) is 11.2. The number of halogens is 1. The molecule has 1 atom stereocenters. The first-order valence-electron chi connectivity index (χ1n) is 16.8. The normalized spacial score (nSPS) is 15.7. The van der Waals surface area contributed by atoms with Gasteiger partial charge in [0.15, 0.2) is 5.82 Å². The fraction of sp³-hybridized carbons (Fsp3) is 0.389. The maximum absolute atomic E-state index is 14.3. The second kappa shape index (κ2) is 16.1. The molecule has 3 aromatic carbocycles. The van der Waals surface area contributed by atoms with Crippen molar-refractivity contribution < 1.29 is 32.9 Å². The number of carbonyl (C=O) groups is 2. The van der Waals surface area contributed by atoms with E-state index in [1.807, 2.05) is 5.01 Å². The molecule has 2 aliphatic heterocycles. The average Bonchev–Trinajstić information content (AvgIpc) is 3.16. The van der Waals surface area contributed by atoms with E-state index in [4.69, 9.17) is 23.9 Å². The Morgan fingerprint density at radius 2 is 1.69 bits per heavy atom. The number of nitrogens with one attached hydrogen (secondary N) is 1. The van der Waals surface area contributed by atoms with Crippen molar-refractivity contribution in [3.05, 3.63) is 88.7 Å². The third-order valence-corrected chi connectivity index (χ3v) is 9.03. The lowest BCUT2D eigenvalue weighted by Crippen LogP contribution is -2.57. The maximum Gasteiger partial charge on any atom is 0.409 e. The number of hydrogen-bond acceptors (Lipinski definition) is 10. The molecule has 0 aliphatic carbocycles. The molecule has 3 heterocycles. The Hall–Kier alpha value is -5.41. The lowest BCUT2D eigenvalue weighted by molar-refractivity contribution is 0.0244. The van der Waals surface area contributed by atoms with Crippen LogP contribution in [0.5, 0.6) is 11.5 Å². The van der Waals surface area contributed by atoms with Gasteiger partial charge in [-0.3, -0.25) is 14.6 Å². The summed E-state index contributed by atoms with van der Waals surface area (Å²) in [6.07, 6.45) is -0.407. The minimum absolute atomic E-state index is 0.277. The molecule has 0 saturated carbocycles. The van der Waals surface area contributed by atoms with Gasteiger partial charge in [-0.1, -0.05) is 12.1 Å². The number of aromatic nitrogens is 2. The molecule has 51 heavy (non-hydrogen) atoms. The molecule has 0 spiro atoms. The first-order valence-corrected chi connectivity index (χ1v) is 16.8. The fourth-order valence-corrected chi connectivity index (χ4v) is 6.25. The SMILES string of the molecule is COc1ccc(N(C(=O)Nc2ccc(F)cc2)C(C)c2nc3ccccc3c(=O)n2N2CCN(C(=O)OCCN3CCOCC3)CC2)c(OC)c1. The molecule has 1 aromatic heterocycles. The Balaban J connectivity index is 1.31. The van der Waals surface area contributed by atoms with Crippen molar-refractivity contribution in [1.29, 1.82) is 0 Å². The van der Waals surface area contributed by atoms with Gasteiger partial charge < -0.3 is 34.2 Å². The number of ether oxygens (including phenoxy) is 4. The van der Waals surface area contributed by atoms with E-state index in [2.05, 4.69) is 10.2 Å². The number of urea groups is 1. The highest BCUT2D eigenvalue weighted by atomic mass is 19.1. The van der Waals surface area contributed by atoms with Crippen LogP contribution in [0.1, 0.15) is 18.8 Å². The molecule has 14 nitrogen and oxygen atoms in total. The van der Waals surface area contributed by atoms with Gasteiger partial charge in [-0.15, -0.1) is 0 Å². The lowest BCUT2D eigenvalue weighted by Gasteiger charge is -2.39. The number of para-hydroxylation sites is 1. The number of fused-ring (bicyclic) bond motifs is 1. The molecule has 0 radical (unpaired) electrons. The molecule has 2 fully saturated rings. The first-order chi connectivity index (χ1) is 24.8. The number of anilines is 2. The van der Waals surface area contributed by atoms with Crippen molar-refractivity contribution in [2.45, 2.75) is 13.0 Å². The number of benzene rings is 3. The maximum atomic E-state index is 14.3. The van der Waals surface area contributed by atoms with E-state index in [0.717, 1.165) is 13.1 Å². The molecule has 270 valence electrons. The van der Waals surface area contributed by atoms with Crippen molar-refractivity contribution in [3.63, 3.8) is 0 Å². The van der Waals surface area contributed by atoms with Crippen molar-refractivity contribution in [2.24, 2.45) is 0 Å². The number of piperazine rings is 1. The van der Waals surface area contributed by atoms with Gasteiger partial charge >= 0.3 is 12.1 Å². The Morgan fingerprint density at radius 3 is 2.39 bits per heavy atom. The zero-order chi connectivity index (χ0) is 35.9. The van der Waals surface area contributed by atoms with Crippen LogP contribution in [0, 0.1) is 5.82 Å². The van der Waals surface area contributed by atoms with E-state index >= 15 is 0 Å². The van der Waals surface area contributed by atoms with Crippen LogP contribution in [-0.4, -0.2) is 111 Å². The van der Waals surface area contributed by atoms with Gasteiger partial charge in [0.05, 0.1) is 63.2 Å². The Morgan fingerprint density at radius 1 is 0.961 bits per heavy atom. The van der Waals surface area contributed by atoms with Crippen LogP contribution in [0.2, 0.25) is 0 Å². The van der Waals surface area contributed by atoms with Crippen LogP contribution >= 0.6 is 0 Å². The second-order valence-corrected chi connectivity index (χ2v) is 12.1. The third-order valence-electron chi connectivity index (χ3n) is 9.03. The molecule has 2 saturated heterocycles. The smallest absolute Gasteiger partial charge is 0.409 e. The number of hydrogen-bond donors (Lipinski definition) is 1. The van der Waals surface area contributed by atoms with Gasteiger partial charge in [-0.2, -0.15) is 0 Å². The summed E-state index contributed by atoms with van der Waals surface area (Å²) >= 11 is 0. The van der Waals surface area contributed by atoms with Crippen LogP contribution in [0.4, 0.5) is 25.4 Å². The van der Waals surface area contributed by atoms with Crippen LogP contribution < -0.4 is 30.3 Å². The minimum Gasteiger partial charge on any atom is -0.497 e. The molecule has 1 N–H and O–H groups in total. The van der Waals surface area contributed by atoms with E-state index in [9.17, 15) is 18.8 Å². The summed E-state index contributed by atoms with van der Waals surface area (Å²) in [5.74, 6) is 0.694. The first kappa shape index (κ1) is 35.4. The molecule has 3 amide bonds. The predicted octanol–water partition coefficient (Wildman–Crippen LogP) is 4.07. The quantitative estimate of drug-likeness (QED) is 0.258. The van der Waals surface area contributed by atoms with Crippen molar-refractivity contribution >= 4 is 34.4 Å². The number of rotatable bonds is 10. The van der Waals surface area contributed by atoms with Gasteiger partial charge in [-0.05, 0) is 55.5 Å². The number of carbonyl (C=O) groups excluding carboxylic acids is 2. The largest absolute Gasteiger partial charge is 0.497 e. The van der Waals surface area contributed by atoms with E-state index < -0.39 is 24.0 Å². The third kappa shape index (κ3) is 7.99. The Bertz CT molecular complexity index is 1890. The summed E-state index contributed by atoms with van der Waals surface area (Å²) in [5.41, 5.74) is 0.889. The van der Waals surface area contributed by atoms with Crippen molar-refractivity contribution in [3.8, 4) is 11.5 Å². The van der Waals surface area contributed by atoms with Crippen molar-refractivity contribution in [1.82, 2.24) is 19.5 Å². The average molecular weight is 704 g/mol. The molecule has 4 aromatic rings. The predicted molar refractivity (Wildman–Crippen MR) is 190 cm³/mol. The highest BCUT2D eigenvalue weighted by molar-refractivity contribution is 6.03. The topological polar surface area (TPSA) is 131 Å². The lowest BCUT2D eigenvalue weighted by atomic mass is 10.1. The van der Waals surface area contributed by atoms with Crippen LogP contribution in [0.25, 0.3) is 10.9 Å². The van der Waals surface area contributed by atoms with Gasteiger partial charge in [-0.25, -0.2) is 23.6 Å². The molecule has 2 aliphatic rings. The molecular formula is C36H42FN7O7. The van der Waals surface area contributed by atoms with Crippen LogP contribution in [0.3, 0.4) is 0 Å².